The molecule has 1 unspecified atom stereocenters. The van der Waals surface area contributed by atoms with Crippen molar-refractivity contribution in [3.8, 4) is 0 Å². The van der Waals surface area contributed by atoms with Crippen LogP contribution in [-0.2, 0) is 0 Å². The Balaban J connectivity index is 2.75. The first-order valence-electron chi connectivity index (χ1n) is 1.88. The molecule has 0 spiro atoms. The lowest BCUT2D eigenvalue weighted by molar-refractivity contribution is 0.627. The molecule has 2 nitrogen and oxygen atoms in total. The third kappa shape index (κ3) is 2.50. The first-order chi connectivity index (χ1) is 2.81. The van der Waals surface area contributed by atoms with Crippen LogP contribution in [0.1, 0.15) is 6.92 Å². The molecule has 0 bridgehead atoms. The molecule has 0 amide bonds. The molecule has 0 rings (SSSR count). The molecule has 0 radical (unpaired) electrons. The Morgan fingerprint density at radius 1 is 2.00 bits per heavy atom. The molecule has 3 N–H and O–H groups in total. The molecule has 0 heterocycles. The molecular weight excluding hydrogens is 96.1 g/mol. The Labute approximate surface area is 43.5 Å². The highest BCUT2D eigenvalue weighted by atomic mass is 32.1. The van der Waals surface area contributed by atoms with Crippen molar-refractivity contribution in [3.05, 3.63) is 0 Å². The van der Waals surface area contributed by atoms with Gasteiger partial charge in [-0.15, -0.1) is 0 Å². The lowest BCUT2D eigenvalue weighted by atomic mass is 10.4. The normalized spacial score (nSPS) is 14.5. The summed E-state index contributed by atoms with van der Waals surface area (Å²) in [5.74, 6) is 5.77. The molecule has 0 aliphatic rings. The van der Waals surface area contributed by atoms with Crippen LogP contribution in [0.2, 0.25) is 0 Å². The summed E-state index contributed by atoms with van der Waals surface area (Å²) in [6.07, 6.45) is 0. The quantitative estimate of drug-likeness (QED) is 0.258. The summed E-state index contributed by atoms with van der Waals surface area (Å²) in [6, 6.07) is 0.327. The number of nitrogens with one attached hydrogen (secondary N) is 1. The van der Waals surface area contributed by atoms with Crippen molar-refractivity contribution >= 4 is 12.6 Å². The van der Waals surface area contributed by atoms with E-state index in [1.54, 1.807) is 0 Å². The van der Waals surface area contributed by atoms with Gasteiger partial charge in [-0.3, -0.25) is 11.3 Å². The van der Waals surface area contributed by atoms with Crippen LogP contribution in [0.5, 0.6) is 0 Å². The van der Waals surface area contributed by atoms with Gasteiger partial charge in [-0.2, -0.15) is 12.6 Å². The SMILES string of the molecule is CC(CS)NN. The maximum atomic E-state index is 4.98. The zero-order valence-corrected chi connectivity index (χ0v) is 4.70. The summed E-state index contributed by atoms with van der Waals surface area (Å²) in [5, 5.41) is 0. The fourth-order valence-corrected chi connectivity index (χ4v) is 0.158. The summed E-state index contributed by atoms with van der Waals surface area (Å²) >= 11 is 3.95. The molecule has 6 heavy (non-hydrogen) atoms. The highest BCUT2D eigenvalue weighted by Crippen LogP contribution is 1.78. The predicted octanol–water partition coefficient (Wildman–Crippen LogP) is -0.232. The largest absolute Gasteiger partial charge is 0.271 e. The van der Waals surface area contributed by atoms with Crippen LogP contribution in [-0.4, -0.2) is 11.8 Å². The van der Waals surface area contributed by atoms with Gasteiger partial charge >= 0.3 is 0 Å². The van der Waals surface area contributed by atoms with Crippen molar-refractivity contribution in [1.29, 1.82) is 0 Å². The van der Waals surface area contributed by atoms with Gasteiger partial charge in [0, 0.05) is 11.8 Å². The van der Waals surface area contributed by atoms with Crippen LogP contribution in [0.4, 0.5) is 0 Å². The molecule has 0 aromatic heterocycles. The Hall–Kier alpha value is 0.270. The Kier molecular flexibility index (Phi) is 3.62. The van der Waals surface area contributed by atoms with E-state index in [1.165, 1.54) is 0 Å². The highest BCUT2D eigenvalue weighted by molar-refractivity contribution is 7.80. The summed E-state index contributed by atoms with van der Waals surface area (Å²) in [7, 11) is 0. The fourth-order valence-electron chi connectivity index (χ4n) is 0.0527. The van der Waals surface area contributed by atoms with Gasteiger partial charge in [0.25, 0.3) is 0 Å². The Morgan fingerprint density at radius 3 is 2.50 bits per heavy atom. The summed E-state index contributed by atoms with van der Waals surface area (Å²) in [5.41, 5.74) is 2.54. The van der Waals surface area contributed by atoms with E-state index in [9.17, 15) is 0 Å². The molecular formula is C3H10N2S. The van der Waals surface area contributed by atoms with E-state index in [-0.39, 0.29) is 0 Å². The molecule has 0 aliphatic carbocycles. The van der Waals surface area contributed by atoms with E-state index in [0.29, 0.717) is 6.04 Å². The summed E-state index contributed by atoms with van der Waals surface area (Å²) < 4.78 is 0. The first-order valence-corrected chi connectivity index (χ1v) is 2.51. The minimum atomic E-state index is 0.327. The molecule has 0 fully saturated rings. The molecule has 3 heteroatoms. The number of rotatable bonds is 2. The third-order valence-corrected chi connectivity index (χ3v) is 1.11. The summed E-state index contributed by atoms with van der Waals surface area (Å²) in [4.78, 5) is 0. The van der Waals surface area contributed by atoms with E-state index in [4.69, 9.17) is 5.84 Å². The van der Waals surface area contributed by atoms with Crippen LogP contribution in [0.3, 0.4) is 0 Å². The Bertz CT molecular complexity index is 28.0. The number of nitrogens with two attached hydrogens (primary N) is 1. The van der Waals surface area contributed by atoms with Crippen molar-refractivity contribution in [2.45, 2.75) is 13.0 Å². The van der Waals surface area contributed by atoms with Gasteiger partial charge in [0.1, 0.15) is 0 Å². The van der Waals surface area contributed by atoms with Gasteiger partial charge in [0.2, 0.25) is 0 Å². The maximum absolute atomic E-state index is 4.98. The molecule has 0 aliphatic heterocycles. The van der Waals surface area contributed by atoms with Gasteiger partial charge in [0.05, 0.1) is 0 Å². The predicted molar refractivity (Wildman–Crippen MR) is 30.6 cm³/mol. The molecule has 38 valence electrons. The second kappa shape index (κ2) is 3.46. The third-order valence-electron chi connectivity index (χ3n) is 0.558. The molecule has 1 atom stereocenters. The van der Waals surface area contributed by atoms with Crippen molar-refractivity contribution in [2.24, 2.45) is 5.84 Å². The molecule has 0 aromatic carbocycles. The number of hydrogen-bond acceptors (Lipinski definition) is 3. The first kappa shape index (κ1) is 6.27. The molecule has 0 saturated heterocycles. The highest BCUT2D eigenvalue weighted by Gasteiger charge is 1.88. The van der Waals surface area contributed by atoms with Crippen LogP contribution >= 0.6 is 12.6 Å². The Morgan fingerprint density at radius 2 is 2.50 bits per heavy atom. The van der Waals surface area contributed by atoms with Gasteiger partial charge in [0.15, 0.2) is 0 Å². The van der Waals surface area contributed by atoms with Gasteiger partial charge in [-0.05, 0) is 6.92 Å². The van der Waals surface area contributed by atoms with Crippen molar-refractivity contribution in [3.63, 3.8) is 0 Å². The van der Waals surface area contributed by atoms with Crippen molar-refractivity contribution < 1.29 is 0 Å². The lowest BCUT2D eigenvalue weighted by Crippen LogP contribution is -2.33. The summed E-state index contributed by atoms with van der Waals surface area (Å²) in [6.45, 7) is 1.97. The van der Waals surface area contributed by atoms with Gasteiger partial charge < -0.3 is 0 Å². The van der Waals surface area contributed by atoms with E-state index in [1.807, 2.05) is 6.92 Å². The van der Waals surface area contributed by atoms with Crippen LogP contribution < -0.4 is 11.3 Å². The standard InChI is InChI=1S/C3H10N2S/c1-3(2-6)5-4/h3,5-6H,2,4H2,1H3. The average molecular weight is 106 g/mol. The zero-order valence-electron chi connectivity index (χ0n) is 3.81. The fraction of sp³-hybridized carbons (Fsp3) is 1.00. The van der Waals surface area contributed by atoms with Crippen LogP contribution in [0.25, 0.3) is 0 Å². The maximum Gasteiger partial charge on any atom is 0.0270 e. The minimum absolute atomic E-state index is 0.327. The van der Waals surface area contributed by atoms with Gasteiger partial charge in [-0.25, -0.2) is 0 Å². The topological polar surface area (TPSA) is 38.0 Å². The smallest absolute Gasteiger partial charge is 0.0270 e. The van der Waals surface area contributed by atoms with Crippen molar-refractivity contribution in [2.75, 3.05) is 5.75 Å². The lowest BCUT2D eigenvalue weighted by Gasteiger charge is -2.01. The van der Waals surface area contributed by atoms with E-state index >= 15 is 0 Å². The van der Waals surface area contributed by atoms with Crippen LogP contribution in [0, 0.1) is 0 Å². The second-order valence-corrected chi connectivity index (χ2v) is 1.62. The van der Waals surface area contributed by atoms with Crippen LogP contribution in [0.15, 0.2) is 0 Å². The molecule has 0 aromatic rings. The van der Waals surface area contributed by atoms with E-state index in [2.05, 4.69) is 18.1 Å². The monoisotopic (exact) mass is 106 g/mol. The van der Waals surface area contributed by atoms with E-state index < -0.39 is 0 Å². The number of thiol groups is 1. The molecule has 0 saturated carbocycles. The van der Waals surface area contributed by atoms with Gasteiger partial charge in [-0.1, -0.05) is 0 Å². The number of hydrazine groups is 1. The van der Waals surface area contributed by atoms with E-state index in [0.717, 1.165) is 5.75 Å². The zero-order chi connectivity index (χ0) is 4.99. The number of hydrogen-bond donors (Lipinski definition) is 3. The minimum Gasteiger partial charge on any atom is -0.271 e. The second-order valence-electron chi connectivity index (χ2n) is 1.25. The van der Waals surface area contributed by atoms with Crippen molar-refractivity contribution in [1.82, 2.24) is 5.43 Å². The average Bonchev–Trinajstić information content (AvgIpc) is 1.65.